The number of aromatic amines is 1. The predicted molar refractivity (Wildman–Crippen MR) is 113 cm³/mol. The molecule has 0 spiro atoms. The molecule has 1 amide bonds. The number of benzene rings is 3. The van der Waals surface area contributed by atoms with Gasteiger partial charge in [0.15, 0.2) is 0 Å². The van der Waals surface area contributed by atoms with Crippen molar-refractivity contribution < 1.29 is 4.79 Å². The van der Waals surface area contributed by atoms with Gasteiger partial charge in [0, 0.05) is 21.4 Å². The summed E-state index contributed by atoms with van der Waals surface area (Å²) in [6.07, 6.45) is 2.00. The molecule has 0 saturated heterocycles. The average molecular weight is 368 g/mol. The monoisotopic (exact) mass is 368 g/mol. The van der Waals surface area contributed by atoms with Gasteiger partial charge >= 0.3 is 0 Å². The van der Waals surface area contributed by atoms with Crippen LogP contribution in [0.2, 0.25) is 0 Å². The third-order valence-corrected chi connectivity index (χ3v) is 5.76. The van der Waals surface area contributed by atoms with Gasteiger partial charge in [-0.15, -0.1) is 0 Å². The fourth-order valence-electron chi connectivity index (χ4n) is 3.38. The minimum absolute atomic E-state index is 0.0667. The van der Waals surface area contributed by atoms with E-state index in [9.17, 15) is 4.79 Å². The molecule has 0 atom stereocenters. The summed E-state index contributed by atoms with van der Waals surface area (Å²) in [7, 11) is 0. The van der Waals surface area contributed by atoms with E-state index in [-0.39, 0.29) is 5.91 Å². The SMILES string of the molecule is O=C1Nc2ccccc2S/C1=C\c1c(-c2ccccc2)[nH]c2ccccc12. The number of aromatic nitrogens is 1. The molecule has 0 unspecified atom stereocenters. The number of nitrogens with one attached hydrogen (secondary N) is 2. The lowest BCUT2D eigenvalue weighted by molar-refractivity contribution is -0.112. The molecule has 0 radical (unpaired) electrons. The molecule has 2 N–H and O–H groups in total. The second kappa shape index (κ2) is 6.49. The number of fused-ring (bicyclic) bond motifs is 2. The molecule has 3 aromatic carbocycles. The van der Waals surface area contributed by atoms with Crippen molar-refractivity contribution in [1.29, 1.82) is 0 Å². The Kier molecular flexibility index (Phi) is 3.84. The Morgan fingerprint density at radius 2 is 1.56 bits per heavy atom. The minimum Gasteiger partial charge on any atom is -0.354 e. The summed E-state index contributed by atoms with van der Waals surface area (Å²) in [6, 6.07) is 26.3. The molecule has 1 aliphatic heterocycles. The second-order valence-corrected chi connectivity index (χ2v) is 7.47. The van der Waals surface area contributed by atoms with Crippen LogP contribution in [-0.4, -0.2) is 10.9 Å². The van der Waals surface area contributed by atoms with E-state index in [0.29, 0.717) is 4.91 Å². The van der Waals surface area contributed by atoms with Crippen LogP contribution in [0.4, 0.5) is 5.69 Å². The number of amides is 1. The first-order valence-electron chi connectivity index (χ1n) is 8.76. The summed E-state index contributed by atoms with van der Waals surface area (Å²) in [5.74, 6) is -0.0667. The highest BCUT2D eigenvalue weighted by Gasteiger charge is 2.22. The van der Waals surface area contributed by atoms with Crippen LogP contribution in [0.5, 0.6) is 0 Å². The van der Waals surface area contributed by atoms with Gasteiger partial charge in [0.1, 0.15) is 0 Å². The summed E-state index contributed by atoms with van der Waals surface area (Å²) in [5, 5.41) is 4.10. The van der Waals surface area contributed by atoms with Gasteiger partial charge in [-0.05, 0) is 29.8 Å². The van der Waals surface area contributed by atoms with E-state index >= 15 is 0 Å². The predicted octanol–water partition coefficient (Wildman–Crippen LogP) is 5.92. The molecule has 0 bridgehead atoms. The average Bonchev–Trinajstić information content (AvgIpc) is 3.08. The number of hydrogen-bond acceptors (Lipinski definition) is 2. The van der Waals surface area contributed by atoms with Crippen molar-refractivity contribution >= 4 is 40.3 Å². The Hall–Kier alpha value is -3.24. The van der Waals surface area contributed by atoms with Crippen molar-refractivity contribution in [2.45, 2.75) is 4.90 Å². The van der Waals surface area contributed by atoms with Crippen LogP contribution < -0.4 is 5.32 Å². The molecule has 4 aromatic rings. The van der Waals surface area contributed by atoms with Crippen molar-refractivity contribution in [3.8, 4) is 11.3 Å². The third-order valence-electron chi connectivity index (χ3n) is 4.66. The van der Waals surface area contributed by atoms with Crippen LogP contribution in [0.25, 0.3) is 28.2 Å². The molecule has 27 heavy (non-hydrogen) atoms. The highest BCUT2D eigenvalue weighted by molar-refractivity contribution is 8.04. The highest BCUT2D eigenvalue weighted by atomic mass is 32.2. The van der Waals surface area contributed by atoms with Crippen molar-refractivity contribution in [3.05, 3.63) is 89.3 Å². The van der Waals surface area contributed by atoms with Gasteiger partial charge < -0.3 is 10.3 Å². The van der Waals surface area contributed by atoms with E-state index in [0.717, 1.165) is 38.3 Å². The first kappa shape index (κ1) is 16.0. The van der Waals surface area contributed by atoms with Crippen LogP contribution in [0.15, 0.2) is 88.7 Å². The molecule has 4 heteroatoms. The van der Waals surface area contributed by atoms with E-state index in [1.807, 2.05) is 60.7 Å². The van der Waals surface area contributed by atoms with E-state index in [1.54, 1.807) is 0 Å². The molecule has 0 saturated carbocycles. The lowest BCUT2D eigenvalue weighted by atomic mass is 10.0. The zero-order valence-corrected chi connectivity index (χ0v) is 15.2. The lowest BCUT2D eigenvalue weighted by Gasteiger charge is -2.18. The fourth-order valence-corrected chi connectivity index (χ4v) is 4.31. The molecule has 2 heterocycles. The Balaban J connectivity index is 1.69. The molecule has 0 fully saturated rings. The maximum atomic E-state index is 12.7. The first-order chi connectivity index (χ1) is 13.3. The number of H-pyrrole nitrogens is 1. The second-order valence-electron chi connectivity index (χ2n) is 6.39. The van der Waals surface area contributed by atoms with Gasteiger partial charge in [0.05, 0.1) is 16.3 Å². The minimum atomic E-state index is -0.0667. The van der Waals surface area contributed by atoms with E-state index < -0.39 is 0 Å². The highest BCUT2D eigenvalue weighted by Crippen LogP contribution is 2.40. The molecule has 130 valence electrons. The first-order valence-corrected chi connectivity index (χ1v) is 9.57. The lowest BCUT2D eigenvalue weighted by Crippen LogP contribution is -2.17. The van der Waals surface area contributed by atoms with Crippen LogP contribution in [0.1, 0.15) is 5.56 Å². The molecular formula is C23H16N2OS. The van der Waals surface area contributed by atoms with Crippen LogP contribution in [0.3, 0.4) is 0 Å². The molecule has 1 aromatic heterocycles. The Labute approximate surface area is 161 Å². The molecular weight excluding hydrogens is 352 g/mol. The van der Waals surface area contributed by atoms with Gasteiger partial charge in [-0.2, -0.15) is 0 Å². The smallest absolute Gasteiger partial charge is 0.262 e. The summed E-state index contributed by atoms with van der Waals surface area (Å²) in [5.41, 5.74) is 5.09. The number of carbonyl (C=O) groups excluding carboxylic acids is 1. The molecule has 0 aliphatic carbocycles. The molecule has 1 aliphatic rings. The summed E-state index contributed by atoms with van der Waals surface area (Å²) < 4.78 is 0. The van der Waals surface area contributed by atoms with E-state index in [2.05, 4.69) is 34.6 Å². The number of carbonyl (C=O) groups is 1. The standard InChI is InChI=1S/C23H16N2OS/c26-23-21(27-20-13-7-6-12-19(20)25-23)14-17-16-10-4-5-11-18(16)24-22(17)15-8-2-1-3-9-15/h1-14,24H,(H,25,26)/b21-14-. The Morgan fingerprint density at radius 1 is 0.815 bits per heavy atom. The third kappa shape index (κ3) is 2.84. The van der Waals surface area contributed by atoms with E-state index in [4.69, 9.17) is 0 Å². The quantitative estimate of drug-likeness (QED) is 0.431. The molecule has 5 rings (SSSR count). The van der Waals surface area contributed by atoms with Gasteiger partial charge in [-0.1, -0.05) is 72.4 Å². The van der Waals surface area contributed by atoms with Gasteiger partial charge in [0.2, 0.25) is 0 Å². The van der Waals surface area contributed by atoms with Gasteiger partial charge in [-0.3, -0.25) is 4.79 Å². The zero-order valence-electron chi connectivity index (χ0n) is 14.4. The number of thioether (sulfide) groups is 1. The number of anilines is 1. The van der Waals surface area contributed by atoms with Crippen LogP contribution >= 0.6 is 11.8 Å². The summed E-state index contributed by atoms with van der Waals surface area (Å²) >= 11 is 1.51. The fraction of sp³-hybridized carbons (Fsp3) is 0. The Bertz CT molecular complexity index is 1190. The Morgan fingerprint density at radius 3 is 2.44 bits per heavy atom. The zero-order chi connectivity index (χ0) is 18.2. The number of rotatable bonds is 2. The van der Waals surface area contributed by atoms with Crippen molar-refractivity contribution in [3.63, 3.8) is 0 Å². The van der Waals surface area contributed by atoms with Gasteiger partial charge in [-0.25, -0.2) is 0 Å². The van der Waals surface area contributed by atoms with Crippen molar-refractivity contribution in [2.24, 2.45) is 0 Å². The summed E-state index contributed by atoms with van der Waals surface area (Å²) in [4.78, 5) is 17.9. The van der Waals surface area contributed by atoms with Crippen LogP contribution in [0, 0.1) is 0 Å². The number of hydrogen-bond donors (Lipinski definition) is 2. The van der Waals surface area contributed by atoms with Crippen molar-refractivity contribution in [2.75, 3.05) is 5.32 Å². The van der Waals surface area contributed by atoms with Crippen molar-refractivity contribution in [1.82, 2.24) is 4.98 Å². The normalized spacial score (nSPS) is 15.0. The number of para-hydroxylation sites is 2. The van der Waals surface area contributed by atoms with Crippen LogP contribution in [-0.2, 0) is 4.79 Å². The van der Waals surface area contributed by atoms with E-state index in [1.165, 1.54) is 11.8 Å². The topological polar surface area (TPSA) is 44.9 Å². The largest absolute Gasteiger partial charge is 0.354 e. The maximum Gasteiger partial charge on any atom is 0.262 e. The molecule has 3 nitrogen and oxygen atoms in total. The maximum absolute atomic E-state index is 12.7. The van der Waals surface area contributed by atoms with Gasteiger partial charge in [0.25, 0.3) is 5.91 Å². The summed E-state index contributed by atoms with van der Waals surface area (Å²) in [6.45, 7) is 0.